The lowest BCUT2D eigenvalue weighted by molar-refractivity contribution is 0.282. The Morgan fingerprint density at radius 3 is 2.54 bits per heavy atom. The molecule has 67 heavy (non-hydrogen) atoms. The number of anilines is 1. The number of para-hydroxylation sites is 1. The van der Waals surface area contributed by atoms with Crippen molar-refractivity contribution < 1.29 is 0 Å². The van der Waals surface area contributed by atoms with Crippen molar-refractivity contribution >= 4 is 27.9 Å². The van der Waals surface area contributed by atoms with E-state index < -0.39 is 0 Å². The molecular formula is C63H62N4. The van der Waals surface area contributed by atoms with Crippen LogP contribution in [0.5, 0.6) is 0 Å². The highest BCUT2D eigenvalue weighted by Crippen LogP contribution is 2.56. The molecule has 0 radical (unpaired) electrons. The van der Waals surface area contributed by atoms with Gasteiger partial charge < -0.3 is 16.4 Å². The Bertz CT molecular complexity index is 3080. The molecule has 12 rings (SSSR count). The number of allylic oxidation sites excluding steroid dienone is 9. The summed E-state index contributed by atoms with van der Waals surface area (Å²) in [5, 5.41) is 10.2. The molecule has 1 aliphatic heterocycles. The van der Waals surface area contributed by atoms with E-state index in [0.717, 1.165) is 49.2 Å². The number of amidine groups is 1. The summed E-state index contributed by atoms with van der Waals surface area (Å²) in [6.45, 7) is 4.93. The van der Waals surface area contributed by atoms with Crippen LogP contribution >= 0.6 is 0 Å². The number of benzene rings is 6. The minimum atomic E-state index is -0.193. The van der Waals surface area contributed by atoms with Crippen molar-refractivity contribution in [2.45, 2.75) is 88.8 Å². The number of hydrogen-bond acceptors (Lipinski definition) is 4. The first kappa shape index (κ1) is 41.9. The van der Waals surface area contributed by atoms with Crippen molar-refractivity contribution in [1.29, 1.82) is 0 Å². The van der Waals surface area contributed by atoms with E-state index in [4.69, 9.17) is 10.7 Å². The van der Waals surface area contributed by atoms with E-state index in [0.29, 0.717) is 29.6 Å². The second kappa shape index (κ2) is 17.3. The Morgan fingerprint density at radius 2 is 1.58 bits per heavy atom. The predicted octanol–water partition coefficient (Wildman–Crippen LogP) is 14.5. The van der Waals surface area contributed by atoms with E-state index in [1.807, 2.05) is 0 Å². The van der Waals surface area contributed by atoms with Crippen LogP contribution in [-0.2, 0) is 11.8 Å². The molecule has 0 bridgehead atoms. The molecule has 4 heteroatoms. The Hall–Kier alpha value is -6.49. The van der Waals surface area contributed by atoms with Gasteiger partial charge in [0.05, 0.1) is 6.17 Å². The molecule has 0 saturated heterocycles. The van der Waals surface area contributed by atoms with Gasteiger partial charge in [0, 0.05) is 34.3 Å². The highest BCUT2D eigenvalue weighted by molar-refractivity contribution is 6.10. The maximum absolute atomic E-state index is 7.22. The fourth-order valence-corrected chi connectivity index (χ4v) is 12.9. The van der Waals surface area contributed by atoms with Crippen molar-refractivity contribution in [2.75, 3.05) is 5.32 Å². The lowest BCUT2D eigenvalue weighted by Crippen LogP contribution is -2.43. The molecule has 0 aromatic heterocycles. The lowest BCUT2D eigenvalue weighted by atomic mass is 9.69. The van der Waals surface area contributed by atoms with Crippen molar-refractivity contribution in [3.63, 3.8) is 0 Å². The quantitative estimate of drug-likeness (QED) is 0.100. The van der Waals surface area contributed by atoms with Crippen molar-refractivity contribution in [2.24, 2.45) is 34.4 Å². The second-order valence-corrected chi connectivity index (χ2v) is 20.7. The van der Waals surface area contributed by atoms with Crippen LogP contribution in [0, 0.1) is 23.7 Å². The summed E-state index contributed by atoms with van der Waals surface area (Å²) in [4.78, 5) is 5.55. The fourth-order valence-electron chi connectivity index (χ4n) is 12.9. The molecule has 1 heterocycles. The van der Waals surface area contributed by atoms with Crippen molar-refractivity contribution in [1.82, 2.24) is 5.32 Å². The van der Waals surface area contributed by atoms with Crippen LogP contribution in [-0.4, -0.2) is 12.0 Å². The smallest absolute Gasteiger partial charge is 0.133 e. The molecule has 4 nitrogen and oxygen atoms in total. The standard InChI is InChI=1S/C63H62N4/c1-63(2)56-38-47(61(64)65-58-29-9-5-18-45(58)36-40-15-11-21-43(35-40)51-27-13-19-41-16-3-6-24-49(41)51)31-33-53(56)54-34-32-48(39-57(54)63)62-66-59-30-10-8-26-55(59)60(67-62)46-23-12-22-44(37-46)52-28-14-20-42-17-4-7-25-50(42)52/h3-4,6-8,10-12,14-17,20-32,34-35,37,39,41,45,49,53,56,60-61,65H,5,9,13,18-19,33,36,38,64H2,1-2H3,(H,66,67). The summed E-state index contributed by atoms with van der Waals surface area (Å²) in [5.74, 6) is 3.44. The van der Waals surface area contributed by atoms with Crippen LogP contribution in [0.1, 0.15) is 110 Å². The van der Waals surface area contributed by atoms with E-state index in [1.54, 1.807) is 0 Å². The predicted molar refractivity (Wildman–Crippen MR) is 280 cm³/mol. The normalized spacial score (nSPS) is 25.0. The van der Waals surface area contributed by atoms with Crippen LogP contribution in [0.3, 0.4) is 0 Å². The van der Waals surface area contributed by atoms with Gasteiger partial charge in [-0.15, -0.1) is 0 Å². The van der Waals surface area contributed by atoms with Gasteiger partial charge in [-0.2, -0.15) is 0 Å². The molecule has 5 aliphatic carbocycles. The lowest BCUT2D eigenvalue weighted by Gasteiger charge is -2.37. The number of nitrogens with zero attached hydrogens (tertiary/aromatic N) is 1. The van der Waals surface area contributed by atoms with Crippen LogP contribution < -0.4 is 16.4 Å². The Labute approximate surface area is 397 Å². The van der Waals surface area contributed by atoms with Gasteiger partial charge in [0.1, 0.15) is 11.9 Å². The summed E-state index contributed by atoms with van der Waals surface area (Å²) < 4.78 is 0. The second-order valence-electron chi connectivity index (χ2n) is 20.7. The van der Waals surface area contributed by atoms with Gasteiger partial charge in [-0.3, -0.25) is 4.99 Å². The molecule has 334 valence electrons. The van der Waals surface area contributed by atoms with Gasteiger partial charge in [0.2, 0.25) is 0 Å². The van der Waals surface area contributed by atoms with Crippen molar-refractivity contribution in [3.05, 3.63) is 226 Å². The number of hydrogen-bond donors (Lipinski definition) is 3. The number of nitrogens with one attached hydrogen (secondary N) is 2. The third-order valence-corrected chi connectivity index (χ3v) is 16.5. The molecule has 7 atom stereocenters. The average Bonchev–Trinajstić information content (AvgIpc) is 3.60. The zero-order chi connectivity index (χ0) is 45.1. The molecular weight excluding hydrogens is 813 g/mol. The number of aliphatic imine (C=N–C) groups is 1. The van der Waals surface area contributed by atoms with Gasteiger partial charge >= 0.3 is 0 Å². The first-order valence-electron chi connectivity index (χ1n) is 25.1. The molecule has 6 aliphatic rings. The number of nitrogens with two attached hydrogens (primary N) is 1. The third-order valence-electron chi connectivity index (χ3n) is 16.5. The molecule has 0 fully saturated rings. The molecule has 4 N–H and O–H groups in total. The number of fused-ring (bicyclic) bond motifs is 6. The minimum Gasteiger partial charge on any atom is -0.370 e. The van der Waals surface area contributed by atoms with E-state index in [9.17, 15) is 0 Å². The van der Waals surface area contributed by atoms with Gasteiger partial charge in [0.15, 0.2) is 0 Å². The maximum Gasteiger partial charge on any atom is 0.133 e. The van der Waals surface area contributed by atoms with Gasteiger partial charge in [-0.25, -0.2) is 0 Å². The van der Waals surface area contributed by atoms with Crippen molar-refractivity contribution in [3.8, 4) is 11.1 Å². The third kappa shape index (κ3) is 7.74. The van der Waals surface area contributed by atoms with E-state index in [-0.39, 0.29) is 17.6 Å². The average molecular weight is 875 g/mol. The molecule has 6 aromatic carbocycles. The highest BCUT2D eigenvalue weighted by atomic mass is 15.1. The zero-order valence-corrected chi connectivity index (χ0v) is 39.0. The minimum absolute atomic E-state index is 0.0241. The SMILES string of the molecule is CC1(C)c2cc(C3=NC(c4cccc(-c5cccc6ccccc56)c4)c4ccccc4N3)ccc2C2CC=C(C(N)NC3=CCCCC3Cc3cccc(C4=CCCC5C=CC=CC45)c3)CC21. The zero-order valence-electron chi connectivity index (χ0n) is 39.0. The van der Waals surface area contributed by atoms with Crippen LogP contribution in [0.15, 0.2) is 192 Å². The van der Waals surface area contributed by atoms with E-state index in [1.165, 1.54) is 91.4 Å². The summed E-state index contributed by atoms with van der Waals surface area (Å²) in [5.41, 5.74) is 24.2. The monoisotopic (exact) mass is 874 g/mol. The van der Waals surface area contributed by atoms with E-state index in [2.05, 4.69) is 200 Å². The van der Waals surface area contributed by atoms with Crippen LogP contribution in [0.25, 0.3) is 27.5 Å². The largest absolute Gasteiger partial charge is 0.370 e. The van der Waals surface area contributed by atoms with E-state index >= 15 is 0 Å². The van der Waals surface area contributed by atoms with Crippen LogP contribution in [0.2, 0.25) is 0 Å². The molecule has 0 amide bonds. The topological polar surface area (TPSA) is 62.4 Å². The molecule has 7 unspecified atom stereocenters. The summed E-state index contributed by atoms with van der Waals surface area (Å²) in [6, 6.07) is 49.4. The van der Waals surface area contributed by atoms with Gasteiger partial charge in [-0.1, -0.05) is 172 Å². The first-order chi connectivity index (χ1) is 32.9. The fraction of sp³-hybridized carbons (Fsp3) is 0.286. The maximum atomic E-state index is 7.22. The van der Waals surface area contributed by atoms with Gasteiger partial charge in [-0.05, 0) is 154 Å². The Morgan fingerprint density at radius 1 is 0.746 bits per heavy atom. The summed E-state index contributed by atoms with van der Waals surface area (Å²) in [6.07, 6.45) is 25.5. The number of rotatable bonds is 9. The summed E-state index contributed by atoms with van der Waals surface area (Å²) >= 11 is 0. The molecule has 0 saturated carbocycles. The molecule has 6 aromatic rings. The Balaban J connectivity index is 0.765. The molecule has 0 spiro atoms. The van der Waals surface area contributed by atoms with Crippen LogP contribution in [0.4, 0.5) is 5.69 Å². The first-order valence-corrected chi connectivity index (χ1v) is 25.1. The Kier molecular flexibility index (Phi) is 10.8. The summed E-state index contributed by atoms with van der Waals surface area (Å²) in [7, 11) is 0. The van der Waals surface area contributed by atoms with Gasteiger partial charge in [0.25, 0.3) is 0 Å². The highest BCUT2D eigenvalue weighted by Gasteiger charge is 2.48.